The summed E-state index contributed by atoms with van der Waals surface area (Å²) in [5.74, 6) is -0.659. The molecule has 166 valence electrons. The second-order valence-corrected chi connectivity index (χ2v) is 8.86. The van der Waals surface area contributed by atoms with Gasteiger partial charge >= 0.3 is 11.7 Å². The molecule has 0 spiro atoms. The molecule has 0 radical (unpaired) electrons. The molecule has 1 heterocycles. The zero-order valence-corrected chi connectivity index (χ0v) is 18.1. The quantitative estimate of drug-likeness (QED) is 0.465. The summed E-state index contributed by atoms with van der Waals surface area (Å²) in [5, 5.41) is 18.6. The molecule has 9 nitrogen and oxygen atoms in total. The van der Waals surface area contributed by atoms with Gasteiger partial charge in [-0.05, 0) is 54.1 Å². The number of fused-ring (bicyclic) bond motifs is 1. The molecule has 1 aromatic heterocycles. The summed E-state index contributed by atoms with van der Waals surface area (Å²) >= 11 is 0. The third kappa shape index (κ3) is 3.75. The van der Waals surface area contributed by atoms with Crippen molar-refractivity contribution in [3.63, 3.8) is 0 Å². The maximum Gasteiger partial charge on any atom is 0.347 e. The number of imidazole rings is 1. The molecule has 0 aliphatic heterocycles. The van der Waals surface area contributed by atoms with E-state index < -0.39 is 21.7 Å². The Balaban J connectivity index is 2.07. The van der Waals surface area contributed by atoms with E-state index in [-0.39, 0.29) is 33.6 Å². The molecule has 0 unspecified atom stereocenters. The van der Waals surface area contributed by atoms with E-state index in [1.807, 2.05) is 6.07 Å². The summed E-state index contributed by atoms with van der Waals surface area (Å²) in [6.07, 6.45) is -0.377. The summed E-state index contributed by atoms with van der Waals surface area (Å²) in [7, 11) is -2.89. The number of benzene rings is 3. The number of nitriles is 1. The zero-order valence-electron chi connectivity index (χ0n) is 17.3. The van der Waals surface area contributed by atoms with Crippen LogP contribution in [0.2, 0.25) is 0 Å². The number of aliphatic carboxylic acids is 1. The van der Waals surface area contributed by atoms with Crippen LogP contribution >= 0.6 is 0 Å². The van der Waals surface area contributed by atoms with E-state index >= 15 is 0 Å². The van der Waals surface area contributed by atoms with Gasteiger partial charge in [-0.3, -0.25) is 9.36 Å². The Hall–Kier alpha value is -4.36. The molecule has 0 saturated heterocycles. The van der Waals surface area contributed by atoms with Crippen LogP contribution in [0.3, 0.4) is 0 Å². The van der Waals surface area contributed by atoms with Crippen LogP contribution in [0.5, 0.6) is 5.75 Å². The maximum atomic E-state index is 13.6. The first kappa shape index (κ1) is 21.9. The van der Waals surface area contributed by atoms with Gasteiger partial charge in [-0.25, -0.2) is 13.2 Å². The van der Waals surface area contributed by atoms with E-state index in [1.165, 1.54) is 55.6 Å². The molecule has 1 N–H and O–H groups in total. The number of ether oxygens (including phenoxy) is 1. The summed E-state index contributed by atoms with van der Waals surface area (Å²) < 4.78 is 33.8. The van der Waals surface area contributed by atoms with Crippen molar-refractivity contribution in [2.45, 2.75) is 11.3 Å². The van der Waals surface area contributed by atoms with Gasteiger partial charge in [-0.2, -0.15) is 9.23 Å². The molecular weight excluding hydrogens is 446 g/mol. The van der Waals surface area contributed by atoms with Crippen LogP contribution < -0.4 is 10.4 Å². The smallest absolute Gasteiger partial charge is 0.347 e. The molecule has 0 amide bonds. The number of carbonyl (C=O) groups is 1. The van der Waals surface area contributed by atoms with Gasteiger partial charge in [-0.15, -0.1) is 0 Å². The molecule has 4 rings (SSSR count). The Bertz CT molecular complexity index is 1590. The van der Waals surface area contributed by atoms with Crippen molar-refractivity contribution in [2.75, 3.05) is 7.11 Å². The number of nitrogens with zero attached hydrogens (tertiary/aromatic N) is 3. The van der Waals surface area contributed by atoms with Crippen LogP contribution in [0.15, 0.2) is 76.4 Å². The highest BCUT2D eigenvalue weighted by molar-refractivity contribution is 7.90. The van der Waals surface area contributed by atoms with Crippen molar-refractivity contribution in [3.05, 3.63) is 88.3 Å². The van der Waals surface area contributed by atoms with Gasteiger partial charge < -0.3 is 9.84 Å². The second kappa shape index (κ2) is 8.29. The van der Waals surface area contributed by atoms with Crippen LogP contribution in [0.1, 0.15) is 11.1 Å². The first-order valence-corrected chi connectivity index (χ1v) is 11.1. The SMILES string of the molecule is COc1ccc(S(=O)(=O)n2c(=O)n(-c3ccccc3CC(=O)O)c3cc(C#N)ccc32)cc1. The molecule has 0 aliphatic rings. The van der Waals surface area contributed by atoms with Crippen molar-refractivity contribution in [2.24, 2.45) is 0 Å². The van der Waals surface area contributed by atoms with Crippen LogP contribution in [0.4, 0.5) is 0 Å². The summed E-state index contributed by atoms with van der Waals surface area (Å²) in [6, 6.07) is 18.1. The lowest BCUT2D eigenvalue weighted by atomic mass is 10.1. The highest BCUT2D eigenvalue weighted by Gasteiger charge is 2.27. The molecule has 0 saturated carbocycles. The van der Waals surface area contributed by atoms with Crippen molar-refractivity contribution >= 4 is 27.0 Å². The summed E-state index contributed by atoms with van der Waals surface area (Å²) in [6.45, 7) is 0. The first-order valence-electron chi connectivity index (χ1n) is 9.65. The third-order valence-electron chi connectivity index (χ3n) is 5.10. The van der Waals surface area contributed by atoms with Gasteiger partial charge in [0.05, 0.1) is 46.8 Å². The number of carboxylic acid groups (broad SMARTS) is 1. The minimum atomic E-state index is -4.34. The minimum Gasteiger partial charge on any atom is -0.497 e. The van der Waals surface area contributed by atoms with E-state index in [1.54, 1.807) is 18.2 Å². The average Bonchev–Trinajstić information content (AvgIpc) is 3.10. The number of methoxy groups -OCH3 is 1. The Kier molecular flexibility index (Phi) is 5.49. The molecule has 4 aromatic rings. The van der Waals surface area contributed by atoms with Crippen molar-refractivity contribution < 1.29 is 23.1 Å². The normalized spacial score (nSPS) is 11.3. The van der Waals surface area contributed by atoms with Gasteiger partial charge in [0, 0.05) is 0 Å². The fraction of sp³-hybridized carbons (Fsp3) is 0.0870. The Morgan fingerprint density at radius 3 is 2.39 bits per heavy atom. The Labute approximate surface area is 188 Å². The molecule has 0 fully saturated rings. The molecular formula is C23H17N3O6S. The highest BCUT2D eigenvalue weighted by Crippen LogP contribution is 2.26. The number of hydrogen-bond donors (Lipinski definition) is 1. The zero-order chi connectivity index (χ0) is 23.8. The predicted octanol–water partition coefficient (Wildman–Crippen LogP) is 2.54. The monoisotopic (exact) mass is 463 g/mol. The number of aromatic nitrogens is 2. The van der Waals surface area contributed by atoms with Crippen LogP contribution in [-0.2, 0) is 21.2 Å². The fourth-order valence-corrected chi connectivity index (χ4v) is 4.99. The largest absolute Gasteiger partial charge is 0.497 e. The Morgan fingerprint density at radius 1 is 1.06 bits per heavy atom. The summed E-state index contributed by atoms with van der Waals surface area (Å²) in [5.41, 5.74) is 0.0534. The second-order valence-electron chi connectivity index (χ2n) is 7.08. The van der Waals surface area contributed by atoms with E-state index in [9.17, 15) is 28.4 Å². The van der Waals surface area contributed by atoms with E-state index in [0.29, 0.717) is 15.3 Å². The average molecular weight is 463 g/mol. The topological polar surface area (TPSA) is 131 Å². The third-order valence-corrected chi connectivity index (χ3v) is 6.80. The van der Waals surface area contributed by atoms with Crippen LogP contribution in [0.25, 0.3) is 16.7 Å². The number of rotatable bonds is 6. The highest BCUT2D eigenvalue weighted by atomic mass is 32.2. The van der Waals surface area contributed by atoms with E-state index in [4.69, 9.17) is 4.74 Å². The van der Waals surface area contributed by atoms with Gasteiger partial charge in [-0.1, -0.05) is 18.2 Å². The van der Waals surface area contributed by atoms with Gasteiger partial charge in [0.1, 0.15) is 5.75 Å². The Morgan fingerprint density at radius 2 is 1.76 bits per heavy atom. The lowest BCUT2D eigenvalue weighted by Crippen LogP contribution is -2.29. The standard InChI is InChI=1S/C23H17N3O6S/c1-32-17-7-9-18(10-8-17)33(30,31)26-20-11-6-15(14-24)12-21(20)25(23(26)29)19-5-3-2-4-16(19)13-22(27)28/h2-12H,13H2,1H3,(H,27,28). The molecule has 33 heavy (non-hydrogen) atoms. The van der Waals surface area contributed by atoms with E-state index in [0.717, 1.165) is 4.57 Å². The van der Waals surface area contributed by atoms with Crippen LogP contribution in [0, 0.1) is 11.3 Å². The first-order chi connectivity index (χ1) is 15.8. The maximum absolute atomic E-state index is 13.6. The molecule has 0 bridgehead atoms. The van der Waals surface area contributed by atoms with Gasteiger partial charge in [0.15, 0.2) is 0 Å². The molecule has 0 aliphatic carbocycles. The van der Waals surface area contributed by atoms with E-state index in [2.05, 4.69) is 0 Å². The number of hydrogen-bond acceptors (Lipinski definition) is 6. The van der Waals surface area contributed by atoms with Crippen molar-refractivity contribution in [1.82, 2.24) is 8.54 Å². The fourth-order valence-electron chi connectivity index (χ4n) is 3.60. The predicted molar refractivity (Wildman–Crippen MR) is 119 cm³/mol. The molecule has 3 aromatic carbocycles. The summed E-state index contributed by atoms with van der Waals surface area (Å²) in [4.78, 5) is 24.8. The number of carboxylic acids is 1. The lowest BCUT2D eigenvalue weighted by molar-refractivity contribution is -0.136. The lowest BCUT2D eigenvalue weighted by Gasteiger charge is -2.09. The van der Waals surface area contributed by atoms with Gasteiger partial charge in [0.2, 0.25) is 0 Å². The molecule has 0 atom stereocenters. The van der Waals surface area contributed by atoms with Crippen molar-refractivity contribution in [1.29, 1.82) is 5.26 Å². The van der Waals surface area contributed by atoms with Gasteiger partial charge in [0.25, 0.3) is 10.0 Å². The van der Waals surface area contributed by atoms with Crippen LogP contribution in [-0.4, -0.2) is 35.1 Å². The molecule has 10 heteroatoms. The number of para-hydroxylation sites is 1. The minimum absolute atomic E-state index is 0.0555. The van der Waals surface area contributed by atoms with Crippen molar-refractivity contribution in [3.8, 4) is 17.5 Å².